The Labute approximate surface area is 106 Å². The van der Waals surface area contributed by atoms with Gasteiger partial charge in [-0.3, -0.25) is 4.79 Å². The molecule has 1 aromatic rings. The Bertz CT molecular complexity index is 410. The SMILES string of the molecule is CC(=O)NC1CCCN(c2ccnc(Cl)c2)C1. The van der Waals surface area contributed by atoms with E-state index in [1.165, 1.54) is 0 Å². The Morgan fingerprint density at radius 3 is 3.18 bits per heavy atom. The number of hydrogen-bond donors (Lipinski definition) is 1. The number of piperidine rings is 1. The third kappa shape index (κ3) is 3.33. The molecule has 0 bridgehead atoms. The molecule has 0 radical (unpaired) electrons. The van der Waals surface area contributed by atoms with Gasteiger partial charge in [0.1, 0.15) is 5.15 Å². The van der Waals surface area contributed by atoms with E-state index in [-0.39, 0.29) is 11.9 Å². The summed E-state index contributed by atoms with van der Waals surface area (Å²) in [4.78, 5) is 17.3. The van der Waals surface area contributed by atoms with Crippen LogP contribution < -0.4 is 10.2 Å². The van der Waals surface area contributed by atoms with Crippen molar-refractivity contribution in [2.24, 2.45) is 0 Å². The van der Waals surface area contributed by atoms with E-state index in [1.54, 1.807) is 13.1 Å². The first kappa shape index (κ1) is 12.2. The number of halogens is 1. The fourth-order valence-electron chi connectivity index (χ4n) is 2.21. The molecule has 2 rings (SSSR count). The molecule has 5 heteroatoms. The van der Waals surface area contributed by atoms with E-state index in [2.05, 4.69) is 15.2 Å². The Kier molecular flexibility index (Phi) is 3.84. The van der Waals surface area contributed by atoms with Gasteiger partial charge in [0.15, 0.2) is 0 Å². The molecule has 1 fully saturated rings. The summed E-state index contributed by atoms with van der Waals surface area (Å²) in [6, 6.07) is 4.04. The third-order valence-corrected chi connectivity index (χ3v) is 3.11. The van der Waals surface area contributed by atoms with E-state index in [0.29, 0.717) is 5.15 Å². The zero-order valence-electron chi connectivity index (χ0n) is 9.82. The van der Waals surface area contributed by atoms with Gasteiger partial charge in [0, 0.05) is 37.9 Å². The first-order chi connectivity index (χ1) is 8.15. The number of anilines is 1. The lowest BCUT2D eigenvalue weighted by atomic mass is 10.1. The molecule has 1 atom stereocenters. The number of carbonyl (C=O) groups is 1. The van der Waals surface area contributed by atoms with Gasteiger partial charge in [-0.05, 0) is 25.0 Å². The summed E-state index contributed by atoms with van der Waals surface area (Å²) >= 11 is 5.88. The summed E-state index contributed by atoms with van der Waals surface area (Å²) in [6.45, 7) is 3.39. The quantitative estimate of drug-likeness (QED) is 0.818. The molecule has 1 saturated heterocycles. The van der Waals surface area contributed by atoms with Crippen LogP contribution in [-0.2, 0) is 4.79 Å². The predicted octanol–water partition coefficient (Wildman–Crippen LogP) is 1.84. The summed E-state index contributed by atoms with van der Waals surface area (Å²) < 4.78 is 0. The van der Waals surface area contributed by atoms with Crippen LogP contribution in [0.4, 0.5) is 5.69 Å². The normalized spacial score (nSPS) is 20.1. The van der Waals surface area contributed by atoms with Crippen LogP contribution in [0.3, 0.4) is 0 Å². The van der Waals surface area contributed by atoms with Crippen LogP contribution in [0.25, 0.3) is 0 Å². The maximum absolute atomic E-state index is 11.0. The standard InChI is InChI=1S/C12H16ClN3O/c1-9(17)15-10-3-2-6-16(8-10)11-4-5-14-12(13)7-11/h4-5,7,10H,2-3,6,8H2,1H3,(H,15,17). The topological polar surface area (TPSA) is 45.2 Å². The molecule has 1 N–H and O–H groups in total. The van der Waals surface area contributed by atoms with E-state index in [9.17, 15) is 4.79 Å². The Balaban J connectivity index is 2.04. The molecule has 0 spiro atoms. The van der Waals surface area contributed by atoms with Crippen molar-refractivity contribution in [1.82, 2.24) is 10.3 Å². The van der Waals surface area contributed by atoms with Crippen molar-refractivity contribution >= 4 is 23.2 Å². The summed E-state index contributed by atoms with van der Waals surface area (Å²) in [5, 5.41) is 3.47. The lowest BCUT2D eigenvalue weighted by molar-refractivity contribution is -0.119. The monoisotopic (exact) mass is 253 g/mol. The van der Waals surface area contributed by atoms with Gasteiger partial charge < -0.3 is 10.2 Å². The average Bonchev–Trinajstić information content (AvgIpc) is 2.28. The molecular formula is C12H16ClN3O. The third-order valence-electron chi connectivity index (χ3n) is 2.90. The zero-order chi connectivity index (χ0) is 12.3. The minimum Gasteiger partial charge on any atom is -0.369 e. The molecule has 2 heterocycles. The second kappa shape index (κ2) is 5.36. The molecule has 1 aliphatic rings. The number of nitrogens with one attached hydrogen (secondary N) is 1. The van der Waals surface area contributed by atoms with Crippen molar-refractivity contribution in [2.75, 3.05) is 18.0 Å². The van der Waals surface area contributed by atoms with E-state index in [4.69, 9.17) is 11.6 Å². The van der Waals surface area contributed by atoms with Gasteiger partial charge in [0.25, 0.3) is 0 Å². The molecule has 1 aromatic heterocycles. The zero-order valence-corrected chi connectivity index (χ0v) is 10.6. The number of nitrogens with zero attached hydrogens (tertiary/aromatic N) is 2. The highest BCUT2D eigenvalue weighted by molar-refractivity contribution is 6.29. The average molecular weight is 254 g/mol. The highest BCUT2D eigenvalue weighted by Gasteiger charge is 2.20. The largest absolute Gasteiger partial charge is 0.369 e. The summed E-state index contributed by atoms with van der Waals surface area (Å²) in [7, 11) is 0. The van der Waals surface area contributed by atoms with Crippen molar-refractivity contribution in [1.29, 1.82) is 0 Å². The first-order valence-corrected chi connectivity index (χ1v) is 6.16. The minimum atomic E-state index is 0.0320. The summed E-state index contributed by atoms with van der Waals surface area (Å²) in [5.74, 6) is 0.0320. The molecule has 1 aliphatic heterocycles. The van der Waals surface area contributed by atoms with E-state index in [0.717, 1.165) is 31.6 Å². The van der Waals surface area contributed by atoms with Gasteiger partial charge in [-0.1, -0.05) is 11.6 Å². The first-order valence-electron chi connectivity index (χ1n) is 5.79. The van der Waals surface area contributed by atoms with Crippen LogP contribution in [0, 0.1) is 0 Å². The second-order valence-electron chi connectivity index (χ2n) is 4.32. The number of pyridine rings is 1. The smallest absolute Gasteiger partial charge is 0.217 e. The van der Waals surface area contributed by atoms with E-state index in [1.807, 2.05) is 12.1 Å². The lowest BCUT2D eigenvalue weighted by Gasteiger charge is -2.34. The van der Waals surface area contributed by atoms with Crippen molar-refractivity contribution < 1.29 is 4.79 Å². The summed E-state index contributed by atoms with van der Waals surface area (Å²) in [5.41, 5.74) is 1.07. The van der Waals surface area contributed by atoms with E-state index >= 15 is 0 Å². The number of carbonyl (C=O) groups excluding carboxylic acids is 1. The predicted molar refractivity (Wildman–Crippen MR) is 68.3 cm³/mol. The Morgan fingerprint density at radius 1 is 1.65 bits per heavy atom. The van der Waals surface area contributed by atoms with Crippen LogP contribution in [0.1, 0.15) is 19.8 Å². The highest BCUT2D eigenvalue weighted by Crippen LogP contribution is 2.21. The van der Waals surface area contributed by atoms with Gasteiger partial charge >= 0.3 is 0 Å². The van der Waals surface area contributed by atoms with Crippen LogP contribution in [0.5, 0.6) is 0 Å². The van der Waals surface area contributed by atoms with Gasteiger partial charge in [0.2, 0.25) is 5.91 Å². The summed E-state index contributed by atoms with van der Waals surface area (Å²) in [6.07, 6.45) is 3.82. The molecule has 0 aromatic carbocycles. The van der Waals surface area contributed by atoms with Crippen molar-refractivity contribution in [2.45, 2.75) is 25.8 Å². The fourth-order valence-corrected chi connectivity index (χ4v) is 2.37. The fraction of sp³-hybridized carbons (Fsp3) is 0.500. The van der Waals surface area contributed by atoms with E-state index < -0.39 is 0 Å². The lowest BCUT2D eigenvalue weighted by Crippen LogP contribution is -2.47. The maximum atomic E-state index is 11.0. The van der Waals surface area contributed by atoms with Gasteiger partial charge in [0.05, 0.1) is 0 Å². The molecule has 0 aliphatic carbocycles. The van der Waals surface area contributed by atoms with Crippen LogP contribution >= 0.6 is 11.6 Å². The molecule has 1 unspecified atom stereocenters. The Hall–Kier alpha value is -1.29. The molecular weight excluding hydrogens is 238 g/mol. The van der Waals surface area contributed by atoms with Gasteiger partial charge in [-0.25, -0.2) is 4.98 Å². The molecule has 17 heavy (non-hydrogen) atoms. The van der Waals surface area contributed by atoms with Crippen LogP contribution in [0.2, 0.25) is 5.15 Å². The maximum Gasteiger partial charge on any atom is 0.217 e. The molecule has 1 amide bonds. The Morgan fingerprint density at radius 2 is 2.47 bits per heavy atom. The molecule has 92 valence electrons. The second-order valence-corrected chi connectivity index (χ2v) is 4.71. The van der Waals surface area contributed by atoms with Crippen LogP contribution in [0.15, 0.2) is 18.3 Å². The number of rotatable bonds is 2. The number of hydrogen-bond acceptors (Lipinski definition) is 3. The number of aromatic nitrogens is 1. The molecule has 4 nitrogen and oxygen atoms in total. The van der Waals surface area contributed by atoms with Gasteiger partial charge in [-0.15, -0.1) is 0 Å². The van der Waals surface area contributed by atoms with Crippen LogP contribution in [-0.4, -0.2) is 30.0 Å². The molecule has 0 saturated carbocycles. The van der Waals surface area contributed by atoms with Crippen molar-refractivity contribution in [3.05, 3.63) is 23.5 Å². The van der Waals surface area contributed by atoms with Gasteiger partial charge in [-0.2, -0.15) is 0 Å². The van der Waals surface area contributed by atoms with Crippen molar-refractivity contribution in [3.8, 4) is 0 Å². The van der Waals surface area contributed by atoms with Crippen molar-refractivity contribution in [3.63, 3.8) is 0 Å². The minimum absolute atomic E-state index is 0.0320. The number of amides is 1. The highest BCUT2D eigenvalue weighted by atomic mass is 35.5.